The SMILES string of the molecule is O=C(O)CC1CCCN1Cc1ccc(O)c(F)c1. The summed E-state index contributed by atoms with van der Waals surface area (Å²) in [6.45, 7) is 1.36. The van der Waals surface area contributed by atoms with Crippen LogP contribution >= 0.6 is 0 Å². The van der Waals surface area contributed by atoms with Crippen molar-refractivity contribution in [1.29, 1.82) is 0 Å². The van der Waals surface area contributed by atoms with Crippen molar-refractivity contribution in [2.24, 2.45) is 0 Å². The molecule has 2 N–H and O–H groups in total. The average Bonchev–Trinajstić information content (AvgIpc) is 2.70. The van der Waals surface area contributed by atoms with E-state index in [0.717, 1.165) is 24.9 Å². The number of phenolic OH excluding ortho intramolecular Hbond substituents is 1. The van der Waals surface area contributed by atoms with Crippen molar-refractivity contribution in [2.75, 3.05) is 6.54 Å². The number of carboxylic acid groups (broad SMARTS) is 1. The van der Waals surface area contributed by atoms with Crippen LogP contribution in [0.1, 0.15) is 24.8 Å². The van der Waals surface area contributed by atoms with Crippen LogP contribution in [0.15, 0.2) is 18.2 Å². The van der Waals surface area contributed by atoms with Crippen LogP contribution < -0.4 is 0 Å². The molecule has 0 amide bonds. The summed E-state index contributed by atoms with van der Waals surface area (Å²) in [4.78, 5) is 12.8. The third-order valence-electron chi connectivity index (χ3n) is 3.31. The molecule has 0 saturated carbocycles. The first-order valence-electron chi connectivity index (χ1n) is 5.99. The zero-order valence-corrected chi connectivity index (χ0v) is 9.97. The number of aromatic hydroxyl groups is 1. The molecule has 1 aliphatic heterocycles. The molecular weight excluding hydrogens is 237 g/mol. The summed E-state index contributed by atoms with van der Waals surface area (Å²) in [5, 5.41) is 17.9. The number of halogens is 1. The Morgan fingerprint density at radius 2 is 2.28 bits per heavy atom. The summed E-state index contributed by atoms with van der Waals surface area (Å²) in [5.74, 6) is -1.80. The summed E-state index contributed by atoms with van der Waals surface area (Å²) < 4.78 is 13.2. The van der Waals surface area contributed by atoms with E-state index in [9.17, 15) is 9.18 Å². The highest BCUT2D eigenvalue weighted by atomic mass is 19.1. The van der Waals surface area contributed by atoms with Crippen LogP contribution in [-0.4, -0.2) is 33.7 Å². The second kappa shape index (κ2) is 5.35. The van der Waals surface area contributed by atoms with E-state index < -0.39 is 11.8 Å². The van der Waals surface area contributed by atoms with Crippen molar-refractivity contribution in [2.45, 2.75) is 31.8 Å². The van der Waals surface area contributed by atoms with Crippen molar-refractivity contribution in [3.63, 3.8) is 0 Å². The number of carbonyl (C=O) groups is 1. The highest BCUT2D eigenvalue weighted by Gasteiger charge is 2.26. The predicted octanol–water partition coefficient (Wildman–Crippen LogP) is 1.97. The largest absolute Gasteiger partial charge is 0.505 e. The van der Waals surface area contributed by atoms with E-state index in [-0.39, 0.29) is 18.2 Å². The molecule has 2 rings (SSSR count). The van der Waals surface area contributed by atoms with Crippen molar-refractivity contribution in [3.05, 3.63) is 29.6 Å². The molecule has 0 spiro atoms. The van der Waals surface area contributed by atoms with Crippen LogP contribution in [0.3, 0.4) is 0 Å². The summed E-state index contributed by atoms with van der Waals surface area (Å²) in [6, 6.07) is 4.31. The van der Waals surface area contributed by atoms with Gasteiger partial charge in [0.05, 0.1) is 6.42 Å². The molecule has 4 nitrogen and oxygen atoms in total. The van der Waals surface area contributed by atoms with Gasteiger partial charge in [-0.15, -0.1) is 0 Å². The molecule has 1 aliphatic rings. The van der Waals surface area contributed by atoms with Gasteiger partial charge >= 0.3 is 5.97 Å². The Bertz CT molecular complexity index is 450. The predicted molar refractivity (Wildman–Crippen MR) is 63.7 cm³/mol. The monoisotopic (exact) mass is 253 g/mol. The second-order valence-electron chi connectivity index (χ2n) is 4.65. The minimum Gasteiger partial charge on any atom is -0.505 e. The second-order valence-corrected chi connectivity index (χ2v) is 4.65. The van der Waals surface area contributed by atoms with Gasteiger partial charge in [0.2, 0.25) is 0 Å². The van der Waals surface area contributed by atoms with Crippen molar-refractivity contribution >= 4 is 5.97 Å². The van der Waals surface area contributed by atoms with Gasteiger partial charge in [-0.1, -0.05) is 6.07 Å². The maximum Gasteiger partial charge on any atom is 0.304 e. The van der Waals surface area contributed by atoms with E-state index >= 15 is 0 Å². The average molecular weight is 253 g/mol. The molecule has 18 heavy (non-hydrogen) atoms. The van der Waals surface area contributed by atoms with E-state index in [1.54, 1.807) is 6.07 Å². The van der Waals surface area contributed by atoms with Crippen molar-refractivity contribution < 1.29 is 19.4 Å². The van der Waals surface area contributed by atoms with Gasteiger partial charge in [0.15, 0.2) is 11.6 Å². The van der Waals surface area contributed by atoms with Crippen LogP contribution in [-0.2, 0) is 11.3 Å². The third-order valence-corrected chi connectivity index (χ3v) is 3.31. The van der Waals surface area contributed by atoms with Gasteiger partial charge in [0, 0.05) is 12.6 Å². The molecule has 0 aliphatic carbocycles. The number of hydrogen-bond donors (Lipinski definition) is 2. The fourth-order valence-corrected chi connectivity index (χ4v) is 2.42. The van der Waals surface area contributed by atoms with Crippen LogP contribution in [0.5, 0.6) is 5.75 Å². The molecule has 0 radical (unpaired) electrons. The molecular formula is C13H16FNO3. The lowest BCUT2D eigenvalue weighted by atomic mass is 10.1. The van der Waals surface area contributed by atoms with Gasteiger partial charge in [0.25, 0.3) is 0 Å². The molecule has 1 heterocycles. The smallest absolute Gasteiger partial charge is 0.304 e. The van der Waals surface area contributed by atoms with E-state index in [0.29, 0.717) is 6.54 Å². The lowest BCUT2D eigenvalue weighted by molar-refractivity contribution is -0.138. The lowest BCUT2D eigenvalue weighted by Crippen LogP contribution is -2.30. The Morgan fingerprint density at radius 1 is 1.50 bits per heavy atom. The first-order chi connectivity index (χ1) is 8.56. The van der Waals surface area contributed by atoms with Gasteiger partial charge in [-0.05, 0) is 37.1 Å². The zero-order valence-electron chi connectivity index (χ0n) is 9.97. The van der Waals surface area contributed by atoms with Crippen molar-refractivity contribution in [3.8, 4) is 5.75 Å². The number of aliphatic carboxylic acids is 1. The topological polar surface area (TPSA) is 60.8 Å². The molecule has 1 atom stereocenters. The molecule has 0 aromatic heterocycles. The normalized spacial score (nSPS) is 20.2. The highest BCUT2D eigenvalue weighted by molar-refractivity contribution is 5.67. The molecule has 1 fully saturated rings. The van der Waals surface area contributed by atoms with Gasteiger partial charge < -0.3 is 10.2 Å². The zero-order chi connectivity index (χ0) is 13.1. The van der Waals surface area contributed by atoms with Crippen LogP contribution in [0, 0.1) is 5.82 Å². The number of nitrogens with zero attached hydrogens (tertiary/aromatic N) is 1. The Labute approximate surface area is 105 Å². The van der Waals surface area contributed by atoms with Gasteiger partial charge in [-0.3, -0.25) is 9.69 Å². The lowest BCUT2D eigenvalue weighted by Gasteiger charge is -2.23. The molecule has 1 aromatic carbocycles. The van der Waals surface area contributed by atoms with Gasteiger partial charge in [0.1, 0.15) is 0 Å². The Balaban J connectivity index is 2.03. The van der Waals surface area contributed by atoms with Crippen LogP contribution in [0.4, 0.5) is 4.39 Å². The Hall–Kier alpha value is -1.62. The highest BCUT2D eigenvalue weighted by Crippen LogP contribution is 2.24. The van der Waals surface area contributed by atoms with E-state index in [1.165, 1.54) is 12.1 Å². The van der Waals surface area contributed by atoms with E-state index in [1.807, 2.05) is 0 Å². The third kappa shape index (κ3) is 2.98. The quantitative estimate of drug-likeness (QED) is 0.861. The number of phenols is 1. The molecule has 1 unspecified atom stereocenters. The van der Waals surface area contributed by atoms with E-state index in [2.05, 4.69) is 4.90 Å². The number of benzene rings is 1. The van der Waals surface area contributed by atoms with Gasteiger partial charge in [-0.25, -0.2) is 4.39 Å². The number of rotatable bonds is 4. The molecule has 1 aromatic rings. The minimum atomic E-state index is -0.802. The van der Waals surface area contributed by atoms with E-state index in [4.69, 9.17) is 10.2 Å². The first-order valence-corrected chi connectivity index (χ1v) is 5.99. The fourth-order valence-electron chi connectivity index (χ4n) is 2.42. The van der Waals surface area contributed by atoms with Crippen LogP contribution in [0.25, 0.3) is 0 Å². The maximum atomic E-state index is 13.2. The standard InChI is InChI=1S/C13H16FNO3/c14-11-6-9(3-4-12(11)16)8-15-5-1-2-10(15)7-13(17)18/h3-4,6,10,16H,1-2,5,7-8H2,(H,17,18). The minimum absolute atomic E-state index is 0.0272. The first kappa shape index (κ1) is 12.8. The van der Waals surface area contributed by atoms with Crippen LogP contribution in [0.2, 0.25) is 0 Å². The summed E-state index contributed by atoms with van der Waals surface area (Å²) >= 11 is 0. The summed E-state index contributed by atoms with van der Waals surface area (Å²) in [6.07, 6.45) is 1.96. The van der Waals surface area contributed by atoms with Crippen molar-refractivity contribution in [1.82, 2.24) is 4.90 Å². The molecule has 98 valence electrons. The number of carboxylic acids is 1. The number of likely N-dealkylation sites (tertiary alicyclic amines) is 1. The maximum absolute atomic E-state index is 13.2. The molecule has 1 saturated heterocycles. The Morgan fingerprint density at radius 3 is 2.94 bits per heavy atom. The Kier molecular flexibility index (Phi) is 3.81. The van der Waals surface area contributed by atoms with Gasteiger partial charge in [-0.2, -0.15) is 0 Å². The number of hydrogen-bond acceptors (Lipinski definition) is 3. The molecule has 5 heteroatoms. The molecule has 0 bridgehead atoms. The fraction of sp³-hybridized carbons (Fsp3) is 0.462. The summed E-state index contributed by atoms with van der Waals surface area (Å²) in [5.41, 5.74) is 0.752. The summed E-state index contributed by atoms with van der Waals surface area (Å²) in [7, 11) is 0.